The van der Waals surface area contributed by atoms with Crippen molar-refractivity contribution in [1.29, 1.82) is 0 Å². The molecule has 1 amide bonds. The molecule has 4 rings (SSSR count). The number of alkyl carbamates (subject to hydrolysis) is 1. The van der Waals surface area contributed by atoms with E-state index in [-0.39, 0.29) is 48.0 Å². The Labute approximate surface area is 183 Å². The van der Waals surface area contributed by atoms with Gasteiger partial charge in [-0.3, -0.25) is 9.69 Å². The fraction of sp³-hybridized carbons (Fsp3) is 0.818. The summed E-state index contributed by atoms with van der Waals surface area (Å²) in [5.74, 6) is -0.881. The SMILES string of the molecule is CO[C@@H]1[C@H](OC(=O)NC2CN(CC(=O)O)C2)CC[C@]2(CO2)[C@H]1[C@@]1(C)O[C@@H]1CC=C(C)C. The molecule has 0 aromatic heterocycles. The molecule has 0 unspecified atom stereocenters. The lowest BCUT2D eigenvalue weighted by Crippen LogP contribution is -2.61. The zero-order valence-corrected chi connectivity index (χ0v) is 18.8. The second kappa shape index (κ2) is 8.35. The minimum atomic E-state index is -0.868. The number of nitrogens with one attached hydrogen (secondary N) is 1. The number of rotatable bonds is 8. The van der Waals surface area contributed by atoms with Gasteiger partial charge in [-0.25, -0.2) is 4.79 Å². The van der Waals surface area contributed by atoms with Crippen molar-refractivity contribution in [3.05, 3.63) is 11.6 Å². The van der Waals surface area contributed by atoms with Crippen molar-refractivity contribution in [3.63, 3.8) is 0 Å². The summed E-state index contributed by atoms with van der Waals surface area (Å²) in [4.78, 5) is 25.0. The van der Waals surface area contributed by atoms with Gasteiger partial charge in [0, 0.05) is 20.2 Å². The van der Waals surface area contributed by atoms with Crippen molar-refractivity contribution in [2.45, 2.75) is 75.6 Å². The molecule has 4 aliphatic rings. The van der Waals surface area contributed by atoms with Crippen LogP contribution in [0.3, 0.4) is 0 Å². The van der Waals surface area contributed by atoms with Gasteiger partial charge in [-0.05, 0) is 40.0 Å². The van der Waals surface area contributed by atoms with Crippen LogP contribution < -0.4 is 5.32 Å². The van der Waals surface area contributed by atoms with Gasteiger partial charge in [-0.2, -0.15) is 0 Å². The third-order valence-electron chi connectivity index (χ3n) is 7.13. The summed E-state index contributed by atoms with van der Waals surface area (Å²) >= 11 is 0. The molecule has 0 aromatic rings. The molecular formula is C22H34N2O7. The molecule has 0 aromatic carbocycles. The first-order chi connectivity index (χ1) is 14.7. The number of nitrogens with zero attached hydrogens (tertiary/aromatic N) is 1. The van der Waals surface area contributed by atoms with Crippen molar-refractivity contribution in [2.24, 2.45) is 5.92 Å². The number of carboxylic acids is 1. The van der Waals surface area contributed by atoms with Gasteiger partial charge in [0.05, 0.1) is 31.2 Å². The first-order valence-electron chi connectivity index (χ1n) is 11.1. The van der Waals surface area contributed by atoms with Crippen LogP contribution in [0.4, 0.5) is 4.79 Å². The van der Waals surface area contributed by atoms with Crippen molar-refractivity contribution < 1.29 is 33.6 Å². The average molecular weight is 439 g/mol. The van der Waals surface area contributed by atoms with E-state index in [0.29, 0.717) is 26.1 Å². The molecule has 9 nitrogen and oxygen atoms in total. The Bertz CT molecular complexity index is 742. The molecule has 1 aliphatic carbocycles. The number of carbonyl (C=O) groups is 2. The number of carboxylic acid groups (broad SMARTS) is 1. The monoisotopic (exact) mass is 438 g/mol. The lowest BCUT2D eigenvalue weighted by molar-refractivity contribution is -0.139. The van der Waals surface area contributed by atoms with Crippen molar-refractivity contribution in [1.82, 2.24) is 10.2 Å². The quantitative estimate of drug-likeness (QED) is 0.434. The fourth-order valence-corrected chi connectivity index (χ4v) is 5.39. The molecule has 2 N–H and O–H groups in total. The van der Waals surface area contributed by atoms with Crippen molar-refractivity contribution in [3.8, 4) is 0 Å². The van der Waals surface area contributed by atoms with Gasteiger partial charge in [0.15, 0.2) is 0 Å². The second-order valence-corrected chi connectivity index (χ2v) is 9.75. The smallest absolute Gasteiger partial charge is 0.407 e. The van der Waals surface area contributed by atoms with E-state index < -0.39 is 12.1 Å². The fourth-order valence-electron chi connectivity index (χ4n) is 5.39. The summed E-state index contributed by atoms with van der Waals surface area (Å²) in [6.45, 7) is 7.97. The first-order valence-corrected chi connectivity index (χ1v) is 11.1. The van der Waals surface area contributed by atoms with Gasteiger partial charge in [0.25, 0.3) is 0 Å². The van der Waals surface area contributed by atoms with Gasteiger partial charge in [-0.1, -0.05) is 11.6 Å². The molecular weight excluding hydrogens is 404 g/mol. The highest BCUT2D eigenvalue weighted by molar-refractivity contribution is 5.70. The molecule has 1 saturated carbocycles. The minimum absolute atomic E-state index is 0.0122. The summed E-state index contributed by atoms with van der Waals surface area (Å²) in [5.41, 5.74) is 0.641. The Kier molecular flexibility index (Phi) is 6.06. The number of epoxide rings is 2. The van der Waals surface area contributed by atoms with E-state index >= 15 is 0 Å². The maximum absolute atomic E-state index is 12.5. The number of ether oxygens (including phenoxy) is 4. The van der Waals surface area contributed by atoms with Gasteiger partial charge in [0.2, 0.25) is 0 Å². The van der Waals surface area contributed by atoms with E-state index in [1.807, 2.05) is 0 Å². The van der Waals surface area contributed by atoms with Crippen LogP contribution >= 0.6 is 0 Å². The Balaban J connectivity index is 1.36. The largest absolute Gasteiger partial charge is 0.480 e. The van der Waals surface area contributed by atoms with E-state index in [1.54, 1.807) is 12.0 Å². The summed E-state index contributed by atoms with van der Waals surface area (Å²) in [6, 6.07) is -0.0944. The molecule has 0 radical (unpaired) electrons. The van der Waals surface area contributed by atoms with E-state index in [9.17, 15) is 9.59 Å². The number of methoxy groups -OCH3 is 1. The topological polar surface area (TPSA) is 113 Å². The standard InChI is InChI=1S/C22H34N2O7/c1-13(2)5-6-16-21(3,31-16)19-18(28-4)15(7-8-22(19)12-29-22)30-20(27)23-14-9-24(10-14)11-17(25)26/h5,14-16,18-19H,6-12H2,1-4H3,(H,23,27)(H,25,26)/t15-,16-,18-,19-,21+,22+/m1/s1. The van der Waals surface area contributed by atoms with E-state index in [0.717, 1.165) is 12.8 Å². The second-order valence-electron chi connectivity index (χ2n) is 9.75. The van der Waals surface area contributed by atoms with Crippen LogP contribution in [-0.4, -0.2) is 91.0 Å². The van der Waals surface area contributed by atoms with Gasteiger partial charge in [0.1, 0.15) is 23.4 Å². The molecule has 174 valence electrons. The predicted molar refractivity (Wildman–Crippen MR) is 111 cm³/mol. The summed E-state index contributed by atoms with van der Waals surface area (Å²) in [6.07, 6.45) is 3.44. The summed E-state index contributed by atoms with van der Waals surface area (Å²) in [7, 11) is 1.65. The maximum atomic E-state index is 12.5. The molecule has 4 fully saturated rings. The molecule has 0 bridgehead atoms. The number of carbonyl (C=O) groups excluding carboxylic acids is 1. The van der Waals surface area contributed by atoms with Crippen LogP contribution in [0.25, 0.3) is 0 Å². The molecule has 3 heterocycles. The van der Waals surface area contributed by atoms with Crippen molar-refractivity contribution in [2.75, 3.05) is 33.4 Å². The predicted octanol–water partition coefficient (Wildman–Crippen LogP) is 1.56. The van der Waals surface area contributed by atoms with E-state index in [1.165, 1.54) is 5.57 Å². The summed E-state index contributed by atoms with van der Waals surface area (Å²) < 4.78 is 23.8. The van der Waals surface area contributed by atoms with Gasteiger partial charge < -0.3 is 29.4 Å². The highest BCUT2D eigenvalue weighted by Gasteiger charge is 2.72. The lowest BCUT2D eigenvalue weighted by Gasteiger charge is -2.43. The molecule has 1 spiro atoms. The molecule has 31 heavy (non-hydrogen) atoms. The van der Waals surface area contributed by atoms with Gasteiger partial charge in [-0.15, -0.1) is 0 Å². The molecule has 3 aliphatic heterocycles. The highest BCUT2D eigenvalue weighted by Crippen LogP contribution is 2.59. The van der Waals surface area contributed by atoms with E-state index in [2.05, 4.69) is 32.2 Å². The lowest BCUT2D eigenvalue weighted by atomic mass is 9.68. The van der Waals surface area contributed by atoms with Crippen LogP contribution in [0.5, 0.6) is 0 Å². The Morgan fingerprint density at radius 1 is 1.32 bits per heavy atom. The number of hydrogen-bond donors (Lipinski definition) is 2. The summed E-state index contributed by atoms with van der Waals surface area (Å²) in [5, 5.41) is 11.7. The average Bonchev–Trinajstić information content (AvgIpc) is 3.57. The number of allylic oxidation sites excluding steroid dienone is 1. The Hall–Kier alpha value is -1.68. The van der Waals surface area contributed by atoms with Crippen LogP contribution in [-0.2, 0) is 23.7 Å². The van der Waals surface area contributed by atoms with Crippen LogP contribution in [0.1, 0.15) is 40.0 Å². The first kappa shape index (κ1) is 22.5. The Morgan fingerprint density at radius 3 is 2.61 bits per heavy atom. The molecule has 3 saturated heterocycles. The van der Waals surface area contributed by atoms with Crippen molar-refractivity contribution >= 4 is 12.1 Å². The zero-order chi connectivity index (χ0) is 22.4. The number of hydrogen-bond acceptors (Lipinski definition) is 7. The number of amides is 1. The third kappa shape index (κ3) is 4.60. The minimum Gasteiger partial charge on any atom is -0.480 e. The number of aliphatic carboxylic acids is 1. The molecule has 9 heteroatoms. The highest BCUT2D eigenvalue weighted by atomic mass is 16.6. The maximum Gasteiger partial charge on any atom is 0.407 e. The normalized spacial score (nSPS) is 39.5. The third-order valence-corrected chi connectivity index (χ3v) is 7.13. The molecule has 6 atom stereocenters. The van der Waals surface area contributed by atoms with Crippen LogP contribution in [0.15, 0.2) is 11.6 Å². The van der Waals surface area contributed by atoms with Gasteiger partial charge >= 0.3 is 12.1 Å². The number of likely N-dealkylation sites (tertiary alicyclic amines) is 1. The Morgan fingerprint density at radius 2 is 2.03 bits per heavy atom. The van der Waals surface area contributed by atoms with E-state index in [4.69, 9.17) is 24.1 Å². The van der Waals surface area contributed by atoms with Crippen LogP contribution in [0.2, 0.25) is 0 Å². The zero-order valence-electron chi connectivity index (χ0n) is 18.8. The van der Waals surface area contributed by atoms with Crippen LogP contribution in [0, 0.1) is 5.92 Å².